The molecule has 1 heterocycles. The normalized spacial score (nSPS) is 10.9. The topological polar surface area (TPSA) is 92.3 Å². The molecule has 0 aliphatic rings. The van der Waals surface area contributed by atoms with Crippen LogP contribution in [0.2, 0.25) is 0 Å². The minimum Gasteiger partial charge on any atom is -0.494 e. The molecule has 7 nitrogen and oxygen atoms in total. The van der Waals surface area contributed by atoms with E-state index in [2.05, 4.69) is 32.6 Å². The predicted octanol–water partition coefficient (Wildman–Crippen LogP) is 2.49. The third-order valence-corrected chi connectivity index (χ3v) is 3.13. The van der Waals surface area contributed by atoms with Crippen LogP contribution in [-0.2, 0) is 0 Å². The summed E-state index contributed by atoms with van der Waals surface area (Å²) in [5.41, 5.74) is 3.65. The van der Waals surface area contributed by atoms with E-state index in [-0.39, 0.29) is 0 Å². The highest BCUT2D eigenvalue weighted by molar-refractivity contribution is 5.80. The lowest BCUT2D eigenvalue weighted by molar-refractivity contribution is 0.306. The third kappa shape index (κ3) is 5.54. The number of hydrazone groups is 1. The van der Waals surface area contributed by atoms with Gasteiger partial charge in [0.05, 0.1) is 12.8 Å². The first kappa shape index (κ1) is 16.7. The molecular weight excluding hydrogens is 294 g/mol. The summed E-state index contributed by atoms with van der Waals surface area (Å²) >= 11 is 0. The van der Waals surface area contributed by atoms with Gasteiger partial charge in [-0.1, -0.05) is 31.9 Å². The summed E-state index contributed by atoms with van der Waals surface area (Å²) in [6.45, 7) is 4.61. The van der Waals surface area contributed by atoms with Crippen LogP contribution in [0.5, 0.6) is 5.75 Å². The smallest absolute Gasteiger partial charge is 0.363 e. The summed E-state index contributed by atoms with van der Waals surface area (Å²) < 4.78 is 5.70. The third-order valence-electron chi connectivity index (χ3n) is 3.13. The zero-order chi connectivity index (χ0) is 16.5. The summed E-state index contributed by atoms with van der Waals surface area (Å²) in [5, 5.41) is 10.1. The fourth-order valence-electron chi connectivity index (χ4n) is 1.89. The molecule has 0 bridgehead atoms. The Labute approximate surface area is 134 Å². The van der Waals surface area contributed by atoms with E-state index in [1.54, 1.807) is 13.1 Å². The molecule has 0 aliphatic heterocycles. The number of nitrogens with one attached hydrogen (secondary N) is 2. The minimum absolute atomic E-state index is 0.331. The van der Waals surface area contributed by atoms with Crippen molar-refractivity contribution in [1.82, 2.24) is 15.2 Å². The van der Waals surface area contributed by atoms with E-state index in [0.29, 0.717) is 18.1 Å². The number of ether oxygens (including phenoxy) is 1. The van der Waals surface area contributed by atoms with E-state index in [0.717, 1.165) is 17.7 Å². The van der Waals surface area contributed by atoms with E-state index in [1.807, 2.05) is 24.3 Å². The molecular formula is C16H21N5O2. The maximum Gasteiger partial charge on any atom is 0.363 e. The van der Waals surface area contributed by atoms with Gasteiger partial charge in [0.15, 0.2) is 5.82 Å². The highest BCUT2D eigenvalue weighted by atomic mass is 16.5. The average molecular weight is 315 g/mol. The molecule has 0 unspecified atom stereocenters. The number of unbranched alkanes of at least 4 members (excludes halogenated alkanes) is 2. The SMILES string of the molecule is CCCCCOc1cccc(/C=N\Nc2nc(=O)[nH]nc2C)c1. The molecule has 2 aromatic rings. The zero-order valence-corrected chi connectivity index (χ0v) is 13.4. The van der Waals surface area contributed by atoms with Crippen molar-refractivity contribution >= 4 is 12.0 Å². The summed E-state index contributed by atoms with van der Waals surface area (Å²) in [5.74, 6) is 1.15. The lowest BCUT2D eigenvalue weighted by atomic mass is 10.2. The van der Waals surface area contributed by atoms with Gasteiger partial charge >= 0.3 is 5.69 Å². The van der Waals surface area contributed by atoms with Gasteiger partial charge in [0, 0.05) is 0 Å². The Bertz CT molecular complexity index is 712. The highest BCUT2D eigenvalue weighted by Gasteiger charge is 2.00. The summed E-state index contributed by atoms with van der Waals surface area (Å²) in [6, 6.07) is 7.66. The molecule has 0 spiro atoms. The van der Waals surface area contributed by atoms with Crippen LogP contribution in [0.4, 0.5) is 5.82 Å². The second kappa shape index (κ2) is 8.67. The molecule has 2 N–H and O–H groups in total. The van der Waals surface area contributed by atoms with Crippen molar-refractivity contribution in [3.63, 3.8) is 0 Å². The molecule has 23 heavy (non-hydrogen) atoms. The fourth-order valence-corrected chi connectivity index (χ4v) is 1.89. The van der Waals surface area contributed by atoms with Gasteiger partial charge in [0.2, 0.25) is 0 Å². The van der Waals surface area contributed by atoms with Crippen LogP contribution < -0.4 is 15.9 Å². The number of anilines is 1. The Balaban J connectivity index is 1.94. The first-order valence-electron chi connectivity index (χ1n) is 7.64. The second-order valence-electron chi connectivity index (χ2n) is 5.07. The van der Waals surface area contributed by atoms with Crippen molar-refractivity contribution in [3.8, 4) is 5.75 Å². The maximum absolute atomic E-state index is 11.1. The van der Waals surface area contributed by atoms with Crippen LogP contribution in [0.1, 0.15) is 37.4 Å². The van der Waals surface area contributed by atoms with E-state index in [9.17, 15) is 4.79 Å². The summed E-state index contributed by atoms with van der Waals surface area (Å²) in [7, 11) is 0. The Morgan fingerprint density at radius 2 is 2.26 bits per heavy atom. The van der Waals surface area contributed by atoms with Gasteiger partial charge in [-0.25, -0.2) is 9.89 Å². The Morgan fingerprint density at radius 1 is 1.39 bits per heavy atom. The predicted molar refractivity (Wildman–Crippen MR) is 90.1 cm³/mol. The monoisotopic (exact) mass is 315 g/mol. The lowest BCUT2D eigenvalue weighted by Crippen LogP contribution is -2.15. The van der Waals surface area contributed by atoms with Crippen molar-refractivity contribution in [1.29, 1.82) is 0 Å². The van der Waals surface area contributed by atoms with Gasteiger partial charge < -0.3 is 4.74 Å². The molecule has 1 aromatic heterocycles. The zero-order valence-electron chi connectivity index (χ0n) is 13.4. The molecule has 7 heteroatoms. The Kier molecular flexibility index (Phi) is 6.28. The molecule has 0 radical (unpaired) electrons. The minimum atomic E-state index is -0.518. The summed E-state index contributed by atoms with van der Waals surface area (Å²) in [4.78, 5) is 14.9. The Hall–Kier alpha value is -2.70. The number of aromatic amines is 1. The standard InChI is InChI=1S/C16H21N5O2/c1-3-4-5-9-23-14-8-6-7-13(10-14)11-17-20-15-12(2)19-21-16(22)18-15/h6-8,10-11H,3-5,9H2,1-2H3,(H2,18,20,21,22)/b17-11-. The molecule has 0 atom stereocenters. The van der Waals surface area contributed by atoms with Crippen molar-refractivity contribution in [2.45, 2.75) is 33.1 Å². The van der Waals surface area contributed by atoms with Gasteiger partial charge in [0.1, 0.15) is 11.4 Å². The van der Waals surface area contributed by atoms with Crippen molar-refractivity contribution in [3.05, 3.63) is 46.0 Å². The number of aromatic nitrogens is 3. The fraction of sp³-hybridized carbons (Fsp3) is 0.375. The Morgan fingerprint density at radius 3 is 3.09 bits per heavy atom. The molecule has 0 saturated heterocycles. The number of hydrogen-bond acceptors (Lipinski definition) is 6. The van der Waals surface area contributed by atoms with E-state index >= 15 is 0 Å². The van der Waals surface area contributed by atoms with Crippen LogP contribution in [0.3, 0.4) is 0 Å². The molecule has 2 rings (SSSR count). The van der Waals surface area contributed by atoms with Crippen LogP contribution in [0.15, 0.2) is 34.2 Å². The molecule has 0 amide bonds. The first-order chi connectivity index (χ1) is 11.2. The molecule has 0 saturated carbocycles. The quantitative estimate of drug-likeness (QED) is 0.443. The second-order valence-corrected chi connectivity index (χ2v) is 5.07. The van der Waals surface area contributed by atoms with Crippen molar-refractivity contribution in [2.75, 3.05) is 12.0 Å². The maximum atomic E-state index is 11.1. The number of benzene rings is 1. The molecule has 122 valence electrons. The summed E-state index contributed by atoms with van der Waals surface area (Å²) in [6.07, 6.45) is 5.03. The van der Waals surface area contributed by atoms with Crippen LogP contribution in [-0.4, -0.2) is 28.0 Å². The number of hydrogen-bond donors (Lipinski definition) is 2. The lowest BCUT2D eigenvalue weighted by Gasteiger charge is -2.06. The van der Waals surface area contributed by atoms with Gasteiger partial charge in [-0.3, -0.25) is 5.43 Å². The van der Waals surface area contributed by atoms with Gasteiger partial charge in [-0.2, -0.15) is 15.2 Å². The molecule has 0 aliphatic carbocycles. The number of nitrogens with zero attached hydrogens (tertiary/aromatic N) is 3. The van der Waals surface area contributed by atoms with E-state index in [4.69, 9.17) is 4.74 Å². The highest BCUT2D eigenvalue weighted by Crippen LogP contribution is 2.13. The van der Waals surface area contributed by atoms with Crippen LogP contribution >= 0.6 is 0 Å². The van der Waals surface area contributed by atoms with Gasteiger partial charge in [-0.15, -0.1) is 0 Å². The van der Waals surface area contributed by atoms with Gasteiger partial charge in [0.25, 0.3) is 0 Å². The number of aryl methyl sites for hydroxylation is 1. The molecule has 1 aromatic carbocycles. The van der Waals surface area contributed by atoms with E-state index < -0.39 is 5.69 Å². The van der Waals surface area contributed by atoms with Crippen molar-refractivity contribution in [2.24, 2.45) is 5.10 Å². The van der Waals surface area contributed by atoms with Crippen LogP contribution in [0, 0.1) is 6.92 Å². The van der Waals surface area contributed by atoms with Crippen molar-refractivity contribution < 1.29 is 4.74 Å². The van der Waals surface area contributed by atoms with Crippen LogP contribution in [0.25, 0.3) is 0 Å². The number of rotatable bonds is 8. The van der Waals surface area contributed by atoms with Gasteiger partial charge in [-0.05, 0) is 31.0 Å². The molecule has 0 fully saturated rings. The largest absolute Gasteiger partial charge is 0.494 e. The first-order valence-corrected chi connectivity index (χ1v) is 7.64. The van der Waals surface area contributed by atoms with E-state index in [1.165, 1.54) is 12.8 Å². The number of H-pyrrole nitrogens is 1. The average Bonchev–Trinajstić information content (AvgIpc) is 2.55.